The van der Waals surface area contributed by atoms with Gasteiger partial charge in [-0.25, -0.2) is 0 Å². The SMILES string of the molecule is CC1(C)c2ccccc2-c2ccc(-n3c4ccccc4c4cc(-c5ccc(-c6ccc7c(c6)c6cccc8c6n7-c6ccccc6-c6ccccc6-8)cc5)ccc43)cc21. The molecule has 59 heavy (non-hydrogen) atoms. The standard InChI is InChI=1S/C57H38N2/c1-57(2)50-19-8-5-14-42(50)43-29-28-39(34-51(43)57)58-52-20-9-7-16-45(52)48-32-37(26-30-54(48)58)35-22-24-36(25-23-35)38-27-31-55-49(33-38)47-18-11-17-46-41-13-4-3-12-40(41)44-15-6-10-21-53(44)59(55)56(46)47/h3-34H,1-2H3. The molecular formula is C57H38N2. The zero-order valence-electron chi connectivity index (χ0n) is 32.9. The molecule has 11 aromatic rings. The maximum absolute atomic E-state index is 2.49. The van der Waals surface area contributed by atoms with E-state index in [1.165, 1.54) is 122 Å². The summed E-state index contributed by atoms with van der Waals surface area (Å²) in [6.45, 7) is 4.72. The van der Waals surface area contributed by atoms with Crippen molar-refractivity contribution < 1.29 is 0 Å². The summed E-state index contributed by atoms with van der Waals surface area (Å²) < 4.78 is 4.94. The third kappa shape index (κ3) is 4.46. The largest absolute Gasteiger partial charge is 0.309 e. The summed E-state index contributed by atoms with van der Waals surface area (Å²) in [5, 5.41) is 5.09. The molecule has 276 valence electrons. The summed E-state index contributed by atoms with van der Waals surface area (Å²) in [5.74, 6) is 0. The van der Waals surface area contributed by atoms with Crippen molar-refractivity contribution in [3.05, 3.63) is 205 Å². The fourth-order valence-corrected chi connectivity index (χ4v) is 10.7. The molecule has 2 nitrogen and oxygen atoms in total. The molecule has 13 rings (SSSR count). The number of aromatic nitrogens is 2. The maximum Gasteiger partial charge on any atom is 0.0619 e. The van der Waals surface area contributed by atoms with Crippen LogP contribution in [0.2, 0.25) is 0 Å². The Balaban J connectivity index is 0.899. The van der Waals surface area contributed by atoms with E-state index >= 15 is 0 Å². The summed E-state index contributed by atoms with van der Waals surface area (Å²) in [6, 6.07) is 72.4. The molecule has 0 N–H and O–H groups in total. The van der Waals surface area contributed by atoms with Crippen LogP contribution in [0, 0.1) is 0 Å². The predicted molar refractivity (Wildman–Crippen MR) is 248 cm³/mol. The van der Waals surface area contributed by atoms with Crippen molar-refractivity contribution >= 4 is 43.6 Å². The van der Waals surface area contributed by atoms with Crippen molar-refractivity contribution in [1.82, 2.24) is 9.13 Å². The number of hydrogen-bond acceptors (Lipinski definition) is 0. The Kier molecular flexibility index (Phi) is 6.54. The molecule has 0 unspecified atom stereocenters. The third-order valence-electron chi connectivity index (χ3n) is 13.5. The normalized spacial score (nSPS) is 13.4. The average molecular weight is 751 g/mol. The molecular weight excluding hydrogens is 713 g/mol. The Morgan fingerprint density at radius 1 is 0.322 bits per heavy atom. The van der Waals surface area contributed by atoms with Crippen LogP contribution in [0.15, 0.2) is 194 Å². The summed E-state index contributed by atoms with van der Waals surface area (Å²) in [6.07, 6.45) is 0. The van der Waals surface area contributed by atoms with Gasteiger partial charge in [-0.2, -0.15) is 0 Å². The lowest BCUT2D eigenvalue weighted by molar-refractivity contribution is 0.660. The summed E-state index contributed by atoms with van der Waals surface area (Å²) >= 11 is 0. The summed E-state index contributed by atoms with van der Waals surface area (Å²) in [4.78, 5) is 0. The molecule has 1 aliphatic carbocycles. The van der Waals surface area contributed by atoms with Crippen molar-refractivity contribution in [2.24, 2.45) is 0 Å². The van der Waals surface area contributed by atoms with Crippen LogP contribution in [0.1, 0.15) is 25.0 Å². The molecule has 0 saturated heterocycles. The Morgan fingerprint density at radius 2 is 0.847 bits per heavy atom. The highest BCUT2D eigenvalue weighted by atomic mass is 15.0. The van der Waals surface area contributed by atoms with E-state index in [0.29, 0.717) is 0 Å². The van der Waals surface area contributed by atoms with Gasteiger partial charge in [-0.05, 0) is 104 Å². The van der Waals surface area contributed by atoms with Crippen molar-refractivity contribution in [1.29, 1.82) is 0 Å². The number of nitrogens with zero attached hydrogens (tertiary/aromatic N) is 2. The van der Waals surface area contributed by atoms with Gasteiger partial charge in [0.05, 0.1) is 27.8 Å². The Morgan fingerprint density at radius 3 is 1.61 bits per heavy atom. The molecule has 3 heterocycles. The van der Waals surface area contributed by atoms with Gasteiger partial charge in [0.15, 0.2) is 0 Å². The van der Waals surface area contributed by atoms with Gasteiger partial charge in [-0.3, -0.25) is 0 Å². The summed E-state index contributed by atoms with van der Waals surface area (Å²) in [7, 11) is 0. The highest BCUT2D eigenvalue weighted by Crippen LogP contribution is 2.50. The van der Waals surface area contributed by atoms with Gasteiger partial charge < -0.3 is 9.13 Å². The van der Waals surface area contributed by atoms with E-state index in [1.807, 2.05) is 0 Å². The van der Waals surface area contributed by atoms with Crippen LogP contribution in [0.25, 0.3) is 111 Å². The number of hydrogen-bond donors (Lipinski definition) is 0. The van der Waals surface area contributed by atoms with Crippen LogP contribution < -0.4 is 0 Å². The molecule has 0 radical (unpaired) electrons. The van der Waals surface area contributed by atoms with E-state index < -0.39 is 0 Å². The highest BCUT2D eigenvalue weighted by molar-refractivity contribution is 6.17. The van der Waals surface area contributed by atoms with Gasteiger partial charge in [0.2, 0.25) is 0 Å². The van der Waals surface area contributed by atoms with E-state index in [0.717, 1.165) is 0 Å². The monoisotopic (exact) mass is 750 g/mol. The van der Waals surface area contributed by atoms with Crippen LogP contribution in [-0.2, 0) is 5.41 Å². The van der Waals surface area contributed by atoms with Crippen LogP contribution in [0.5, 0.6) is 0 Å². The minimum Gasteiger partial charge on any atom is -0.309 e. The van der Waals surface area contributed by atoms with E-state index in [2.05, 4.69) is 217 Å². The van der Waals surface area contributed by atoms with Gasteiger partial charge in [0.1, 0.15) is 0 Å². The van der Waals surface area contributed by atoms with Crippen LogP contribution >= 0.6 is 0 Å². The van der Waals surface area contributed by atoms with Gasteiger partial charge in [-0.1, -0.05) is 159 Å². The molecule has 2 heteroatoms. The smallest absolute Gasteiger partial charge is 0.0619 e. The quantitative estimate of drug-likeness (QED) is 0.170. The molecule has 2 aromatic heterocycles. The third-order valence-corrected chi connectivity index (χ3v) is 13.5. The van der Waals surface area contributed by atoms with Crippen molar-refractivity contribution in [2.45, 2.75) is 19.3 Å². The molecule has 0 bridgehead atoms. The second-order valence-corrected chi connectivity index (χ2v) is 16.9. The van der Waals surface area contributed by atoms with E-state index in [4.69, 9.17) is 0 Å². The van der Waals surface area contributed by atoms with Crippen molar-refractivity contribution in [3.63, 3.8) is 0 Å². The Bertz CT molecular complexity index is 3570. The number of rotatable bonds is 3. The lowest BCUT2D eigenvalue weighted by Gasteiger charge is -2.22. The van der Waals surface area contributed by atoms with Gasteiger partial charge >= 0.3 is 0 Å². The maximum atomic E-state index is 2.49. The van der Waals surface area contributed by atoms with Gasteiger partial charge in [-0.15, -0.1) is 0 Å². The average Bonchev–Trinajstić information content (AvgIpc) is 3.85. The van der Waals surface area contributed by atoms with Crippen LogP contribution in [0.3, 0.4) is 0 Å². The molecule has 9 aromatic carbocycles. The Labute approximate surface area is 342 Å². The lowest BCUT2D eigenvalue weighted by atomic mass is 9.82. The number of benzene rings is 9. The molecule has 0 spiro atoms. The molecule has 0 atom stereocenters. The first-order chi connectivity index (χ1) is 29.0. The van der Waals surface area contributed by atoms with Crippen molar-refractivity contribution in [3.8, 4) is 67.0 Å². The zero-order valence-corrected chi connectivity index (χ0v) is 32.9. The molecule has 2 aliphatic rings. The second kappa shape index (κ2) is 11.8. The van der Waals surface area contributed by atoms with Crippen LogP contribution in [-0.4, -0.2) is 9.13 Å². The van der Waals surface area contributed by atoms with Gasteiger partial charge in [0, 0.05) is 43.8 Å². The number of fused-ring (bicyclic) bond motifs is 14. The topological polar surface area (TPSA) is 9.86 Å². The first-order valence-corrected chi connectivity index (χ1v) is 20.7. The van der Waals surface area contributed by atoms with Crippen molar-refractivity contribution in [2.75, 3.05) is 0 Å². The lowest BCUT2D eigenvalue weighted by Crippen LogP contribution is -2.15. The van der Waals surface area contributed by atoms with Gasteiger partial charge in [0.25, 0.3) is 0 Å². The van der Waals surface area contributed by atoms with E-state index in [9.17, 15) is 0 Å². The van der Waals surface area contributed by atoms with E-state index in [1.54, 1.807) is 0 Å². The Hall–Kier alpha value is -7.42. The van der Waals surface area contributed by atoms with E-state index in [-0.39, 0.29) is 5.41 Å². The first kappa shape index (κ1) is 32.6. The fourth-order valence-electron chi connectivity index (χ4n) is 10.7. The number of para-hydroxylation sites is 3. The fraction of sp³-hybridized carbons (Fsp3) is 0.0526. The summed E-state index contributed by atoms with van der Waals surface area (Å²) in [5.41, 5.74) is 22.8. The minimum absolute atomic E-state index is 0.0552. The molecule has 0 fully saturated rings. The van der Waals surface area contributed by atoms with Crippen LogP contribution in [0.4, 0.5) is 0 Å². The molecule has 1 aliphatic heterocycles. The molecule has 0 amide bonds. The molecule has 0 saturated carbocycles. The zero-order chi connectivity index (χ0) is 39.0. The predicted octanol–water partition coefficient (Wildman–Crippen LogP) is 15.2. The highest BCUT2D eigenvalue weighted by Gasteiger charge is 2.35. The first-order valence-electron chi connectivity index (χ1n) is 20.7. The second-order valence-electron chi connectivity index (χ2n) is 16.9. The minimum atomic E-state index is -0.0552.